The number of nitrogens with zero attached hydrogens (tertiary/aromatic N) is 1. The van der Waals surface area contributed by atoms with Gasteiger partial charge in [0.15, 0.2) is 5.78 Å². The van der Waals surface area contributed by atoms with Gasteiger partial charge in [-0.25, -0.2) is 0 Å². The highest BCUT2D eigenvalue weighted by Crippen LogP contribution is 2.16. The highest BCUT2D eigenvalue weighted by Gasteiger charge is 2.18. The number of Topliss-reactive ketones (excluding diaryl/α,β-unsaturated/α-hetero) is 1. The number of carbonyl (C=O) groups is 1. The SMILES string of the molecule is Cc1ccc(C)c(C(=O)CN(C)CC2CCCOC2)c1. The first-order valence-electron chi connectivity index (χ1n) is 7.43. The van der Waals surface area contributed by atoms with Crippen LogP contribution in [-0.4, -0.2) is 44.0 Å². The van der Waals surface area contributed by atoms with Gasteiger partial charge in [-0.05, 0) is 51.3 Å². The molecule has 1 aromatic carbocycles. The Balaban J connectivity index is 1.91. The minimum atomic E-state index is 0.213. The van der Waals surface area contributed by atoms with Gasteiger partial charge in [-0.15, -0.1) is 0 Å². The Kier molecular flexibility index (Phi) is 5.32. The Labute approximate surface area is 121 Å². The van der Waals surface area contributed by atoms with Crippen LogP contribution in [0.2, 0.25) is 0 Å². The van der Waals surface area contributed by atoms with E-state index in [2.05, 4.69) is 11.0 Å². The molecule has 1 saturated heterocycles. The number of hydrogen-bond acceptors (Lipinski definition) is 3. The first kappa shape index (κ1) is 15.2. The fourth-order valence-electron chi connectivity index (χ4n) is 2.82. The normalized spacial score (nSPS) is 19.3. The number of likely N-dealkylation sites (N-methyl/N-ethyl adjacent to an activating group) is 1. The fraction of sp³-hybridized carbons (Fsp3) is 0.588. The first-order chi connectivity index (χ1) is 9.56. The van der Waals surface area contributed by atoms with Crippen molar-refractivity contribution in [2.24, 2.45) is 5.92 Å². The molecule has 3 nitrogen and oxygen atoms in total. The van der Waals surface area contributed by atoms with E-state index in [0.717, 1.165) is 42.9 Å². The third-order valence-corrected chi connectivity index (χ3v) is 3.93. The molecule has 1 aromatic rings. The molecule has 1 aliphatic heterocycles. The molecule has 0 aliphatic carbocycles. The maximum atomic E-state index is 12.4. The van der Waals surface area contributed by atoms with Gasteiger partial charge in [0.1, 0.15) is 0 Å². The summed E-state index contributed by atoms with van der Waals surface area (Å²) in [7, 11) is 2.03. The molecule has 0 aromatic heterocycles. The molecule has 1 unspecified atom stereocenters. The number of ketones is 1. The van der Waals surface area contributed by atoms with Gasteiger partial charge < -0.3 is 4.74 Å². The third-order valence-electron chi connectivity index (χ3n) is 3.93. The second-order valence-corrected chi connectivity index (χ2v) is 6.02. The van der Waals surface area contributed by atoms with Crippen LogP contribution in [0.5, 0.6) is 0 Å². The monoisotopic (exact) mass is 275 g/mol. The topological polar surface area (TPSA) is 29.5 Å². The quantitative estimate of drug-likeness (QED) is 0.774. The second kappa shape index (κ2) is 7.00. The fourth-order valence-corrected chi connectivity index (χ4v) is 2.82. The van der Waals surface area contributed by atoms with Crippen LogP contribution in [0.4, 0.5) is 0 Å². The molecule has 0 saturated carbocycles. The Morgan fingerprint density at radius 1 is 1.40 bits per heavy atom. The molecule has 0 radical (unpaired) electrons. The van der Waals surface area contributed by atoms with E-state index in [9.17, 15) is 4.79 Å². The predicted octanol–water partition coefficient (Wildman–Crippen LogP) is 2.84. The lowest BCUT2D eigenvalue weighted by atomic mass is 10.00. The molecule has 1 fully saturated rings. The van der Waals surface area contributed by atoms with Crippen LogP contribution >= 0.6 is 0 Å². The molecule has 0 bridgehead atoms. The van der Waals surface area contributed by atoms with E-state index in [0.29, 0.717) is 12.5 Å². The molecule has 0 N–H and O–H groups in total. The van der Waals surface area contributed by atoms with Crippen molar-refractivity contribution < 1.29 is 9.53 Å². The number of ether oxygens (including phenoxy) is 1. The van der Waals surface area contributed by atoms with Crippen LogP contribution in [0.25, 0.3) is 0 Å². The molecule has 1 atom stereocenters. The van der Waals surface area contributed by atoms with Crippen molar-refractivity contribution in [1.82, 2.24) is 4.90 Å². The van der Waals surface area contributed by atoms with Crippen molar-refractivity contribution in [2.45, 2.75) is 26.7 Å². The summed E-state index contributed by atoms with van der Waals surface area (Å²) in [6, 6.07) is 6.07. The number of rotatable bonds is 5. The van der Waals surface area contributed by atoms with E-state index in [1.807, 2.05) is 33.0 Å². The van der Waals surface area contributed by atoms with Crippen molar-refractivity contribution in [3.8, 4) is 0 Å². The number of benzene rings is 1. The molecule has 0 spiro atoms. The van der Waals surface area contributed by atoms with Crippen LogP contribution in [-0.2, 0) is 4.74 Å². The van der Waals surface area contributed by atoms with Gasteiger partial charge in [-0.2, -0.15) is 0 Å². The summed E-state index contributed by atoms with van der Waals surface area (Å²) in [6.07, 6.45) is 2.35. The van der Waals surface area contributed by atoms with E-state index in [1.165, 1.54) is 6.42 Å². The summed E-state index contributed by atoms with van der Waals surface area (Å²) in [4.78, 5) is 14.5. The van der Waals surface area contributed by atoms with E-state index in [-0.39, 0.29) is 5.78 Å². The molecule has 110 valence electrons. The van der Waals surface area contributed by atoms with Crippen molar-refractivity contribution in [3.05, 3.63) is 34.9 Å². The van der Waals surface area contributed by atoms with Crippen LogP contribution in [0, 0.1) is 19.8 Å². The maximum Gasteiger partial charge on any atom is 0.177 e. The van der Waals surface area contributed by atoms with Crippen LogP contribution < -0.4 is 0 Å². The minimum Gasteiger partial charge on any atom is -0.381 e. The maximum absolute atomic E-state index is 12.4. The van der Waals surface area contributed by atoms with Crippen molar-refractivity contribution >= 4 is 5.78 Å². The van der Waals surface area contributed by atoms with E-state index >= 15 is 0 Å². The van der Waals surface area contributed by atoms with Crippen LogP contribution in [0.15, 0.2) is 18.2 Å². The van der Waals surface area contributed by atoms with Crippen LogP contribution in [0.1, 0.15) is 34.3 Å². The smallest absolute Gasteiger partial charge is 0.177 e. The molecule has 20 heavy (non-hydrogen) atoms. The standard InChI is InChI=1S/C17H25NO2/c1-13-6-7-14(2)16(9-13)17(19)11-18(3)10-15-5-4-8-20-12-15/h6-7,9,15H,4-5,8,10-12H2,1-3H3. The highest BCUT2D eigenvalue weighted by molar-refractivity contribution is 5.99. The summed E-state index contributed by atoms with van der Waals surface area (Å²) >= 11 is 0. The zero-order valence-corrected chi connectivity index (χ0v) is 12.8. The van der Waals surface area contributed by atoms with Gasteiger partial charge in [-0.3, -0.25) is 9.69 Å². The first-order valence-corrected chi connectivity index (χ1v) is 7.43. The Morgan fingerprint density at radius 2 is 2.20 bits per heavy atom. The Hall–Kier alpha value is -1.19. The van der Waals surface area contributed by atoms with Crippen molar-refractivity contribution in [1.29, 1.82) is 0 Å². The summed E-state index contributed by atoms with van der Waals surface area (Å²) in [5.74, 6) is 0.783. The van der Waals surface area contributed by atoms with Gasteiger partial charge in [-0.1, -0.05) is 17.7 Å². The van der Waals surface area contributed by atoms with E-state index < -0.39 is 0 Å². The minimum absolute atomic E-state index is 0.213. The molecule has 0 amide bonds. The average Bonchev–Trinajstić information content (AvgIpc) is 2.42. The molecular formula is C17H25NO2. The highest BCUT2D eigenvalue weighted by atomic mass is 16.5. The van der Waals surface area contributed by atoms with Crippen molar-refractivity contribution in [2.75, 3.05) is 33.4 Å². The lowest BCUT2D eigenvalue weighted by Gasteiger charge is -2.26. The van der Waals surface area contributed by atoms with Crippen LogP contribution in [0.3, 0.4) is 0 Å². The van der Waals surface area contributed by atoms with E-state index in [4.69, 9.17) is 4.74 Å². The summed E-state index contributed by atoms with van der Waals surface area (Å²) in [5, 5.41) is 0. The van der Waals surface area contributed by atoms with Gasteiger partial charge in [0, 0.05) is 18.7 Å². The van der Waals surface area contributed by atoms with Gasteiger partial charge in [0.25, 0.3) is 0 Å². The Morgan fingerprint density at radius 3 is 2.90 bits per heavy atom. The predicted molar refractivity (Wildman–Crippen MR) is 81.3 cm³/mol. The molecule has 1 heterocycles. The van der Waals surface area contributed by atoms with Gasteiger partial charge in [0.2, 0.25) is 0 Å². The molecule has 2 rings (SSSR count). The van der Waals surface area contributed by atoms with E-state index in [1.54, 1.807) is 0 Å². The Bertz CT molecular complexity index is 464. The molecule has 1 aliphatic rings. The zero-order valence-electron chi connectivity index (χ0n) is 12.8. The second-order valence-electron chi connectivity index (χ2n) is 6.02. The average molecular weight is 275 g/mol. The summed E-state index contributed by atoms with van der Waals surface area (Å²) < 4.78 is 5.50. The van der Waals surface area contributed by atoms with Gasteiger partial charge >= 0.3 is 0 Å². The third kappa shape index (κ3) is 4.15. The number of carbonyl (C=O) groups excluding carboxylic acids is 1. The molecular weight excluding hydrogens is 250 g/mol. The lowest BCUT2D eigenvalue weighted by molar-refractivity contribution is 0.0416. The lowest BCUT2D eigenvalue weighted by Crippen LogP contribution is -2.34. The largest absolute Gasteiger partial charge is 0.381 e. The summed E-state index contributed by atoms with van der Waals surface area (Å²) in [5.41, 5.74) is 3.06. The number of aryl methyl sites for hydroxylation is 2. The van der Waals surface area contributed by atoms with Gasteiger partial charge in [0.05, 0.1) is 13.2 Å². The summed E-state index contributed by atoms with van der Waals surface area (Å²) in [6.45, 7) is 7.18. The zero-order chi connectivity index (χ0) is 14.5. The van der Waals surface area contributed by atoms with Crippen molar-refractivity contribution in [3.63, 3.8) is 0 Å². The molecule has 3 heteroatoms. The number of hydrogen-bond donors (Lipinski definition) is 0.